The molecular formula is C21H24BrNO12. The lowest BCUT2D eigenvalue weighted by molar-refractivity contribution is -0.385. The van der Waals surface area contributed by atoms with Crippen LogP contribution in [0.2, 0.25) is 0 Å². The maximum absolute atomic E-state index is 12.1. The quantitative estimate of drug-likeness (QED) is 0.140. The summed E-state index contributed by atoms with van der Waals surface area (Å²) in [6.45, 7) is -4.07. The second-order valence-electron chi connectivity index (χ2n) is 6.89. The van der Waals surface area contributed by atoms with Gasteiger partial charge in [-0.3, -0.25) is 29.3 Å². The summed E-state index contributed by atoms with van der Waals surface area (Å²) in [5.74, 6) is -4.37. The van der Waals surface area contributed by atoms with Gasteiger partial charge >= 0.3 is 23.9 Å². The number of benzene rings is 1. The number of halogens is 1. The lowest BCUT2D eigenvalue weighted by atomic mass is 9.98. The third-order valence-electron chi connectivity index (χ3n) is 4.44. The van der Waals surface area contributed by atoms with Crippen LogP contribution >= 0.6 is 15.9 Å². The van der Waals surface area contributed by atoms with E-state index < -0.39 is 93.7 Å². The second-order valence-corrected chi connectivity index (χ2v) is 7.45. The van der Waals surface area contributed by atoms with Crippen molar-refractivity contribution in [3.63, 3.8) is 0 Å². The van der Waals surface area contributed by atoms with E-state index in [1.54, 1.807) is 0 Å². The molecule has 5 atom stereocenters. The topological polar surface area (TPSA) is 167 Å². The van der Waals surface area contributed by atoms with Crippen molar-refractivity contribution in [3.05, 3.63) is 33.9 Å². The number of esters is 4. The van der Waals surface area contributed by atoms with Crippen LogP contribution in [0.15, 0.2) is 18.2 Å². The zero-order valence-corrected chi connectivity index (χ0v) is 19.7. The fourth-order valence-corrected chi connectivity index (χ4v) is 3.60. The molecule has 1 aromatic carbocycles. The van der Waals surface area contributed by atoms with E-state index in [4.69, 9.17) is 33.9 Å². The summed E-state index contributed by atoms with van der Waals surface area (Å²) in [6, 6.07) is 3.55. The fourth-order valence-electron chi connectivity index (χ4n) is 3.16. The smallest absolute Gasteiger partial charge is 0.303 e. The summed E-state index contributed by atoms with van der Waals surface area (Å²) in [6.07, 6.45) is -8.23. The Labute approximate surface area is 213 Å². The number of alkyl halides is 1. The van der Waals surface area contributed by atoms with Gasteiger partial charge in [-0.1, -0.05) is 15.9 Å². The maximum atomic E-state index is 12.1. The van der Waals surface area contributed by atoms with Crippen LogP contribution in [0.3, 0.4) is 0 Å². The third kappa shape index (κ3) is 7.89. The van der Waals surface area contributed by atoms with Gasteiger partial charge in [-0.2, -0.15) is 0 Å². The van der Waals surface area contributed by atoms with Gasteiger partial charge in [-0.05, 0) is 6.07 Å². The predicted molar refractivity (Wildman–Crippen MR) is 118 cm³/mol. The van der Waals surface area contributed by atoms with E-state index in [9.17, 15) is 29.3 Å². The minimum atomic E-state index is -1.72. The molecule has 1 fully saturated rings. The molecule has 1 aromatic rings. The number of nitro groups is 1. The molecule has 0 spiro atoms. The summed E-state index contributed by atoms with van der Waals surface area (Å²) >= 11 is 3.19. The first kappa shape index (κ1) is 22.2. The van der Waals surface area contributed by atoms with Crippen LogP contribution in [0, 0.1) is 10.1 Å². The Morgan fingerprint density at radius 1 is 1.00 bits per heavy atom. The van der Waals surface area contributed by atoms with E-state index >= 15 is 0 Å². The zero-order valence-electron chi connectivity index (χ0n) is 22.1. The van der Waals surface area contributed by atoms with Crippen molar-refractivity contribution in [2.75, 3.05) is 6.61 Å². The van der Waals surface area contributed by atoms with Crippen molar-refractivity contribution >= 4 is 45.5 Å². The molecule has 1 aliphatic heterocycles. The van der Waals surface area contributed by atoms with Gasteiger partial charge in [0.05, 0.1) is 4.92 Å². The van der Waals surface area contributed by atoms with E-state index in [0.717, 1.165) is 6.07 Å². The summed E-state index contributed by atoms with van der Waals surface area (Å²) in [5.41, 5.74) is 0.00126. The molecule has 1 unspecified atom stereocenters. The van der Waals surface area contributed by atoms with Crippen molar-refractivity contribution < 1.29 is 58.0 Å². The molecule has 0 N–H and O–H groups in total. The highest BCUT2D eigenvalue weighted by atomic mass is 79.9. The first-order chi connectivity index (χ1) is 18.6. The standard InChI is InChI=1S/C21H24BrNO12/c1-10(24)30-9-17-18(31-11(2)25)19(32-12(3)26)20(33-13(4)27)21(35-17)34-16-6-5-15(23(28)29)7-14(16)8-22/h5-7,17-21H,8-9H2,1-4H3/t17-,18+,19+,20-,21?/m1/s1/i1D,2D,3D,4D. The van der Waals surface area contributed by atoms with E-state index in [2.05, 4.69) is 15.9 Å². The second kappa shape index (κ2) is 12.4. The molecular weight excluding hydrogens is 538 g/mol. The number of carbonyl (C=O) groups is 4. The van der Waals surface area contributed by atoms with Crippen molar-refractivity contribution in [1.29, 1.82) is 0 Å². The molecule has 192 valence electrons. The Hall–Kier alpha value is -3.26. The Morgan fingerprint density at radius 2 is 1.60 bits per heavy atom. The van der Waals surface area contributed by atoms with Gasteiger partial charge in [-0.25, -0.2) is 0 Å². The SMILES string of the molecule is [2H]CC(=O)OC[C@H]1OC(Oc2ccc([N+](=O)[O-])cc2CBr)[C@H](OC(=O)C[2H])[C@@H](OC(=O)C[2H])[C@H]1OC(=O)C[2H]. The van der Waals surface area contributed by atoms with Crippen molar-refractivity contribution in [1.82, 2.24) is 0 Å². The van der Waals surface area contributed by atoms with Crippen molar-refractivity contribution in [3.8, 4) is 5.75 Å². The molecule has 0 aliphatic carbocycles. The maximum Gasteiger partial charge on any atom is 0.303 e. The van der Waals surface area contributed by atoms with E-state index in [0.29, 0.717) is 0 Å². The first-order valence-electron chi connectivity index (χ1n) is 12.5. The molecule has 13 nitrogen and oxygen atoms in total. The van der Waals surface area contributed by atoms with Crippen molar-refractivity contribution in [2.24, 2.45) is 0 Å². The number of rotatable bonds is 9. The van der Waals surface area contributed by atoms with Gasteiger partial charge in [0.15, 0.2) is 12.2 Å². The molecule has 35 heavy (non-hydrogen) atoms. The van der Waals surface area contributed by atoms with Gasteiger partial charge in [0.25, 0.3) is 5.69 Å². The number of nitro benzene ring substituents is 1. The molecule has 1 aliphatic rings. The monoisotopic (exact) mass is 565 g/mol. The first-order valence-corrected chi connectivity index (χ1v) is 10.8. The Bertz CT molecular complexity index is 1060. The highest BCUT2D eigenvalue weighted by Crippen LogP contribution is 2.33. The van der Waals surface area contributed by atoms with Crippen LogP contribution in [-0.2, 0) is 48.2 Å². The third-order valence-corrected chi connectivity index (χ3v) is 5.05. The Morgan fingerprint density at radius 3 is 2.17 bits per heavy atom. The van der Waals surface area contributed by atoms with E-state index in [1.165, 1.54) is 12.1 Å². The van der Waals surface area contributed by atoms with Crippen LogP contribution in [-0.4, -0.2) is 66.1 Å². The van der Waals surface area contributed by atoms with Crippen LogP contribution in [0.25, 0.3) is 0 Å². The highest BCUT2D eigenvalue weighted by molar-refractivity contribution is 9.08. The van der Waals surface area contributed by atoms with Gasteiger partial charge in [0, 0.05) is 56.1 Å². The van der Waals surface area contributed by atoms with Crippen LogP contribution in [0.1, 0.15) is 38.6 Å². The molecule has 0 bridgehead atoms. The molecule has 2 rings (SSSR count). The van der Waals surface area contributed by atoms with Gasteiger partial charge in [0.1, 0.15) is 18.5 Å². The van der Waals surface area contributed by atoms with Crippen LogP contribution in [0.5, 0.6) is 5.75 Å². The molecule has 14 heteroatoms. The average molecular weight is 566 g/mol. The number of ether oxygens (including phenoxy) is 6. The highest BCUT2D eigenvalue weighted by Gasteiger charge is 2.53. The summed E-state index contributed by atoms with van der Waals surface area (Å²) in [7, 11) is 0. The molecule has 1 heterocycles. The minimum Gasteiger partial charge on any atom is -0.463 e. The van der Waals surface area contributed by atoms with Gasteiger partial charge < -0.3 is 28.4 Å². The van der Waals surface area contributed by atoms with Crippen molar-refractivity contribution in [2.45, 2.75) is 63.6 Å². The van der Waals surface area contributed by atoms with Crippen LogP contribution < -0.4 is 4.74 Å². The summed E-state index contributed by atoms with van der Waals surface area (Å²) in [5, 5.41) is 11.2. The lowest BCUT2D eigenvalue weighted by Gasteiger charge is -2.44. The largest absolute Gasteiger partial charge is 0.463 e. The Kier molecular flexibility index (Phi) is 7.90. The lowest BCUT2D eigenvalue weighted by Crippen LogP contribution is -2.63. The predicted octanol–water partition coefficient (Wildman–Crippen LogP) is 1.95. The van der Waals surface area contributed by atoms with E-state index in [-0.39, 0.29) is 22.3 Å². The van der Waals surface area contributed by atoms with Gasteiger partial charge in [-0.15, -0.1) is 0 Å². The normalized spacial score (nSPS) is 25.0. The summed E-state index contributed by atoms with van der Waals surface area (Å²) in [4.78, 5) is 58.5. The minimum absolute atomic E-state index is 0.00321. The summed E-state index contributed by atoms with van der Waals surface area (Å²) < 4.78 is 61.3. The zero-order chi connectivity index (χ0) is 29.1. The molecule has 0 radical (unpaired) electrons. The number of hydrogen-bond acceptors (Lipinski definition) is 12. The van der Waals surface area contributed by atoms with E-state index in [1.807, 2.05) is 0 Å². The Balaban J connectivity index is 2.58. The average Bonchev–Trinajstić information content (AvgIpc) is 2.94. The fraction of sp³-hybridized carbons (Fsp3) is 0.524. The van der Waals surface area contributed by atoms with Crippen LogP contribution in [0.4, 0.5) is 5.69 Å². The number of hydrogen-bond donors (Lipinski definition) is 0. The van der Waals surface area contributed by atoms with Gasteiger partial charge in [0.2, 0.25) is 12.4 Å². The number of non-ortho nitro benzene ring substituents is 1. The molecule has 0 aromatic heterocycles. The molecule has 1 saturated heterocycles. The number of nitrogens with zero attached hydrogens (tertiary/aromatic N) is 1. The number of carbonyl (C=O) groups excluding carboxylic acids is 4. The molecule has 0 saturated carbocycles. The molecule has 0 amide bonds.